The molecule has 0 amide bonds. The van der Waals surface area contributed by atoms with Gasteiger partial charge in [-0.1, -0.05) is 0 Å². The molecule has 0 bridgehead atoms. The summed E-state index contributed by atoms with van der Waals surface area (Å²) < 4.78 is 13.6. The van der Waals surface area contributed by atoms with E-state index in [2.05, 4.69) is 15.3 Å². The van der Waals surface area contributed by atoms with E-state index in [1.165, 1.54) is 0 Å². The summed E-state index contributed by atoms with van der Waals surface area (Å²) >= 11 is 5.26. The van der Waals surface area contributed by atoms with Crippen LogP contribution in [0.1, 0.15) is 51.1 Å². The van der Waals surface area contributed by atoms with Crippen molar-refractivity contribution in [2.24, 2.45) is 5.10 Å². The van der Waals surface area contributed by atoms with Gasteiger partial charge >= 0.3 is 0 Å². The van der Waals surface area contributed by atoms with Crippen LogP contribution >= 0.6 is 12.2 Å². The molecule has 1 N–H and O–H groups in total. The van der Waals surface area contributed by atoms with Gasteiger partial charge in [-0.2, -0.15) is 14.9 Å². The minimum atomic E-state index is -0.213. The second kappa shape index (κ2) is 6.86. The second-order valence-electron chi connectivity index (χ2n) is 6.73. The Morgan fingerprint density at radius 2 is 2.12 bits per heavy atom. The summed E-state index contributed by atoms with van der Waals surface area (Å²) in [6, 6.07) is 7.78. The Balaban J connectivity index is 1.76. The van der Waals surface area contributed by atoms with Crippen LogP contribution in [0.3, 0.4) is 0 Å². The van der Waals surface area contributed by atoms with Crippen LogP contribution in [0.15, 0.2) is 29.4 Å². The first kappa shape index (κ1) is 16.9. The molecule has 1 unspecified atom stereocenters. The van der Waals surface area contributed by atoms with E-state index in [-0.39, 0.29) is 11.7 Å². The highest BCUT2D eigenvalue weighted by Gasteiger charge is 2.23. The Morgan fingerprint density at radius 3 is 2.75 bits per heavy atom. The van der Waals surface area contributed by atoms with Gasteiger partial charge in [0.05, 0.1) is 6.21 Å². The van der Waals surface area contributed by atoms with E-state index in [9.17, 15) is 0 Å². The molecule has 2 heterocycles. The zero-order chi connectivity index (χ0) is 17.2. The standard InChI is InChI=1S/C17H22N4O2S/c1-17(2,3)23-13-8-6-12(7-9-13)11-18-21-15(19-20-16(21)24)14-5-4-10-22-14/h6-9,11,14H,4-5,10H2,1-3H3,(H,20,24)/b18-11-. The van der Waals surface area contributed by atoms with E-state index >= 15 is 0 Å². The lowest BCUT2D eigenvalue weighted by Crippen LogP contribution is -2.22. The van der Waals surface area contributed by atoms with E-state index in [0.717, 1.165) is 36.6 Å². The van der Waals surface area contributed by atoms with Crippen LogP contribution in [0, 0.1) is 4.77 Å². The third-order valence-electron chi connectivity index (χ3n) is 3.52. The van der Waals surface area contributed by atoms with Gasteiger partial charge in [0.2, 0.25) is 4.77 Å². The van der Waals surface area contributed by atoms with Crippen LogP contribution in [-0.2, 0) is 4.74 Å². The fraction of sp³-hybridized carbons (Fsp3) is 0.471. The first-order valence-corrected chi connectivity index (χ1v) is 8.45. The first-order chi connectivity index (χ1) is 11.4. The Labute approximate surface area is 146 Å². The highest BCUT2D eigenvalue weighted by atomic mass is 32.1. The van der Waals surface area contributed by atoms with E-state index in [4.69, 9.17) is 21.7 Å². The smallest absolute Gasteiger partial charge is 0.216 e. The number of H-pyrrole nitrogens is 1. The number of hydrogen-bond acceptors (Lipinski definition) is 5. The van der Waals surface area contributed by atoms with Gasteiger partial charge < -0.3 is 9.47 Å². The van der Waals surface area contributed by atoms with Gasteiger partial charge in [0, 0.05) is 6.61 Å². The topological polar surface area (TPSA) is 64.4 Å². The molecule has 1 fully saturated rings. The van der Waals surface area contributed by atoms with Crippen LogP contribution in [0.2, 0.25) is 0 Å². The number of nitrogens with one attached hydrogen (secondary N) is 1. The maximum absolute atomic E-state index is 5.81. The molecule has 0 spiro atoms. The maximum Gasteiger partial charge on any atom is 0.216 e. The van der Waals surface area contributed by atoms with Crippen molar-refractivity contribution in [3.8, 4) is 5.75 Å². The monoisotopic (exact) mass is 346 g/mol. The van der Waals surface area contributed by atoms with E-state index < -0.39 is 0 Å². The summed E-state index contributed by atoms with van der Waals surface area (Å²) in [6.45, 7) is 6.82. The minimum absolute atomic E-state index is 0.0438. The van der Waals surface area contributed by atoms with E-state index in [1.807, 2.05) is 45.0 Å². The summed E-state index contributed by atoms with van der Waals surface area (Å²) in [5, 5.41) is 11.5. The first-order valence-electron chi connectivity index (χ1n) is 8.05. The average Bonchev–Trinajstić information content (AvgIpc) is 3.15. The lowest BCUT2D eigenvalue weighted by Gasteiger charge is -2.21. The molecule has 24 heavy (non-hydrogen) atoms. The molecule has 6 nitrogen and oxygen atoms in total. The summed E-state index contributed by atoms with van der Waals surface area (Å²) in [5.41, 5.74) is 0.744. The van der Waals surface area contributed by atoms with E-state index in [0.29, 0.717) is 4.77 Å². The van der Waals surface area contributed by atoms with E-state index in [1.54, 1.807) is 10.9 Å². The third kappa shape index (κ3) is 4.10. The van der Waals surface area contributed by atoms with Crippen LogP contribution in [0.4, 0.5) is 0 Å². The fourth-order valence-electron chi connectivity index (χ4n) is 2.51. The van der Waals surface area contributed by atoms with Crippen molar-refractivity contribution < 1.29 is 9.47 Å². The molecule has 0 radical (unpaired) electrons. The van der Waals surface area contributed by atoms with Crippen molar-refractivity contribution in [1.82, 2.24) is 14.9 Å². The number of aromatic amines is 1. The number of aromatic nitrogens is 3. The SMILES string of the molecule is CC(C)(C)Oc1ccc(/C=N\n2c(C3CCCO3)n[nH]c2=S)cc1. The fourth-order valence-corrected chi connectivity index (χ4v) is 2.69. The Hall–Kier alpha value is -1.99. The number of benzene rings is 1. The quantitative estimate of drug-likeness (QED) is 0.674. The summed E-state index contributed by atoms with van der Waals surface area (Å²) in [5.74, 6) is 1.56. The Kier molecular flexibility index (Phi) is 4.82. The Bertz CT molecular complexity index is 765. The maximum atomic E-state index is 5.81. The van der Waals surface area contributed by atoms with Gasteiger partial charge in [0.1, 0.15) is 17.5 Å². The van der Waals surface area contributed by atoms with Crippen molar-refractivity contribution in [2.45, 2.75) is 45.3 Å². The molecule has 7 heteroatoms. The highest BCUT2D eigenvalue weighted by molar-refractivity contribution is 7.71. The lowest BCUT2D eigenvalue weighted by atomic mass is 10.2. The molecule has 128 valence electrons. The highest BCUT2D eigenvalue weighted by Crippen LogP contribution is 2.27. The van der Waals surface area contributed by atoms with Crippen LogP contribution in [0.25, 0.3) is 0 Å². The van der Waals surface area contributed by atoms with Crippen LogP contribution in [-0.4, -0.2) is 33.3 Å². The van der Waals surface area contributed by atoms with Gasteiger partial charge in [-0.25, -0.2) is 0 Å². The summed E-state index contributed by atoms with van der Waals surface area (Å²) in [4.78, 5) is 0. The van der Waals surface area contributed by atoms with Gasteiger partial charge in [0.25, 0.3) is 0 Å². The summed E-state index contributed by atoms with van der Waals surface area (Å²) in [6.07, 6.45) is 3.68. The van der Waals surface area contributed by atoms with Crippen molar-refractivity contribution in [1.29, 1.82) is 0 Å². The molecule has 1 atom stereocenters. The molecule has 3 rings (SSSR count). The lowest BCUT2D eigenvalue weighted by molar-refractivity contribution is 0.102. The largest absolute Gasteiger partial charge is 0.488 e. The predicted molar refractivity (Wildman–Crippen MR) is 95.2 cm³/mol. The molecule has 1 saturated heterocycles. The molecular formula is C17H22N4O2S. The number of rotatable bonds is 4. The number of nitrogens with zero attached hydrogens (tertiary/aromatic N) is 3. The minimum Gasteiger partial charge on any atom is -0.488 e. The molecular weight excluding hydrogens is 324 g/mol. The van der Waals surface area contributed by atoms with Crippen molar-refractivity contribution >= 4 is 18.4 Å². The number of hydrogen-bond donors (Lipinski definition) is 1. The predicted octanol–water partition coefficient (Wildman–Crippen LogP) is 3.85. The summed E-state index contributed by atoms with van der Waals surface area (Å²) in [7, 11) is 0. The zero-order valence-electron chi connectivity index (χ0n) is 14.2. The molecule has 2 aromatic rings. The van der Waals surface area contributed by atoms with Crippen molar-refractivity contribution in [3.63, 3.8) is 0 Å². The van der Waals surface area contributed by atoms with Crippen LogP contribution < -0.4 is 4.74 Å². The van der Waals surface area contributed by atoms with Crippen LogP contribution in [0.5, 0.6) is 5.75 Å². The molecule has 1 aromatic carbocycles. The zero-order valence-corrected chi connectivity index (χ0v) is 15.0. The second-order valence-corrected chi connectivity index (χ2v) is 7.12. The molecule has 0 saturated carbocycles. The van der Waals surface area contributed by atoms with Gasteiger partial charge in [0.15, 0.2) is 5.82 Å². The molecule has 1 aliphatic rings. The molecule has 1 aromatic heterocycles. The van der Waals surface area contributed by atoms with Crippen molar-refractivity contribution in [3.05, 3.63) is 40.4 Å². The van der Waals surface area contributed by atoms with Gasteiger partial charge in [-0.15, -0.1) is 0 Å². The average molecular weight is 346 g/mol. The number of ether oxygens (including phenoxy) is 2. The molecule has 1 aliphatic heterocycles. The normalized spacial score (nSPS) is 18.4. The van der Waals surface area contributed by atoms with Gasteiger partial charge in [-0.3, -0.25) is 5.10 Å². The molecule has 0 aliphatic carbocycles. The van der Waals surface area contributed by atoms with Crippen molar-refractivity contribution in [2.75, 3.05) is 6.61 Å². The third-order valence-corrected chi connectivity index (χ3v) is 3.78. The van der Waals surface area contributed by atoms with Gasteiger partial charge in [-0.05, 0) is 75.7 Å². The Morgan fingerprint density at radius 1 is 1.38 bits per heavy atom.